The van der Waals surface area contributed by atoms with Crippen molar-refractivity contribution >= 4 is 17.4 Å². The maximum atomic E-state index is 11.8. The van der Waals surface area contributed by atoms with Gasteiger partial charge in [-0.2, -0.15) is 0 Å². The highest BCUT2D eigenvalue weighted by Gasteiger charge is 2.05. The number of carbonyl (C=O) groups excluding carboxylic acids is 1. The Bertz CT molecular complexity index is 611. The number of nitrogens with zero attached hydrogens (tertiary/aromatic N) is 1. The first-order valence-corrected chi connectivity index (χ1v) is 5.85. The van der Waals surface area contributed by atoms with E-state index in [9.17, 15) is 9.90 Å². The summed E-state index contributed by atoms with van der Waals surface area (Å²) >= 11 is 0. The summed E-state index contributed by atoms with van der Waals surface area (Å²) in [5, 5.41) is 14.7. The Morgan fingerprint density at radius 1 is 1.16 bits per heavy atom. The number of rotatable bonds is 2. The lowest BCUT2D eigenvalue weighted by Gasteiger charge is -2.10. The number of pyridine rings is 1. The van der Waals surface area contributed by atoms with Crippen LogP contribution in [0, 0.1) is 13.8 Å². The van der Waals surface area contributed by atoms with E-state index in [1.807, 2.05) is 13.8 Å². The number of benzene rings is 1. The molecule has 98 valence electrons. The van der Waals surface area contributed by atoms with Crippen molar-refractivity contribution in [2.45, 2.75) is 13.8 Å². The zero-order valence-corrected chi connectivity index (χ0v) is 10.8. The topological polar surface area (TPSA) is 74.2 Å². The van der Waals surface area contributed by atoms with Crippen LogP contribution >= 0.6 is 0 Å². The van der Waals surface area contributed by atoms with Crippen LogP contribution in [-0.2, 0) is 0 Å². The predicted octanol–water partition coefficient (Wildman–Crippen LogP) is 3.05. The quantitative estimate of drug-likeness (QED) is 0.724. The number of aromatic hydroxyl groups is 1. The van der Waals surface area contributed by atoms with Gasteiger partial charge in [-0.05, 0) is 49.7 Å². The molecule has 0 fully saturated rings. The second-order valence-electron chi connectivity index (χ2n) is 4.26. The average Bonchev–Trinajstić information content (AvgIpc) is 2.33. The number of aryl methyl sites for hydroxylation is 2. The smallest absolute Gasteiger partial charge is 0.323 e. The van der Waals surface area contributed by atoms with Crippen LogP contribution in [0.3, 0.4) is 0 Å². The molecule has 1 aromatic heterocycles. The third-order valence-corrected chi connectivity index (χ3v) is 2.61. The molecule has 2 amide bonds. The molecule has 2 aromatic rings. The van der Waals surface area contributed by atoms with Crippen molar-refractivity contribution in [3.63, 3.8) is 0 Å². The minimum absolute atomic E-state index is 0.174. The van der Waals surface area contributed by atoms with E-state index in [1.54, 1.807) is 30.5 Å². The van der Waals surface area contributed by atoms with Crippen LogP contribution < -0.4 is 10.6 Å². The summed E-state index contributed by atoms with van der Waals surface area (Å²) < 4.78 is 0. The Balaban J connectivity index is 2.05. The van der Waals surface area contributed by atoms with Crippen LogP contribution in [0.15, 0.2) is 36.5 Å². The van der Waals surface area contributed by atoms with Crippen molar-refractivity contribution in [3.8, 4) is 5.75 Å². The van der Waals surface area contributed by atoms with Gasteiger partial charge in [-0.15, -0.1) is 0 Å². The second-order valence-corrected chi connectivity index (χ2v) is 4.26. The van der Waals surface area contributed by atoms with E-state index in [0.717, 1.165) is 11.3 Å². The molecule has 0 bridgehead atoms. The summed E-state index contributed by atoms with van der Waals surface area (Å²) in [6.07, 6.45) is 1.64. The van der Waals surface area contributed by atoms with Crippen LogP contribution in [0.4, 0.5) is 16.2 Å². The Hall–Kier alpha value is -2.56. The highest BCUT2D eigenvalue weighted by molar-refractivity contribution is 6.00. The van der Waals surface area contributed by atoms with Gasteiger partial charge in [0.2, 0.25) is 0 Å². The molecule has 0 radical (unpaired) electrons. The van der Waals surface area contributed by atoms with E-state index >= 15 is 0 Å². The SMILES string of the molecule is Cc1cc(NC(=O)Nc2ccc(O)cc2C)ccn1. The van der Waals surface area contributed by atoms with Gasteiger partial charge in [0.1, 0.15) is 5.75 Å². The lowest BCUT2D eigenvalue weighted by molar-refractivity contribution is 0.262. The van der Waals surface area contributed by atoms with Crippen LogP contribution in [0.5, 0.6) is 5.75 Å². The summed E-state index contributed by atoms with van der Waals surface area (Å²) in [6.45, 7) is 3.67. The third kappa shape index (κ3) is 3.45. The summed E-state index contributed by atoms with van der Waals surface area (Å²) in [6, 6.07) is 7.94. The van der Waals surface area contributed by atoms with Crippen LogP contribution in [0.25, 0.3) is 0 Å². The zero-order valence-electron chi connectivity index (χ0n) is 10.8. The minimum atomic E-state index is -0.334. The Morgan fingerprint density at radius 2 is 1.95 bits per heavy atom. The third-order valence-electron chi connectivity index (χ3n) is 2.61. The molecule has 3 N–H and O–H groups in total. The molecule has 0 saturated heterocycles. The molecule has 5 heteroatoms. The molecule has 1 aromatic carbocycles. The maximum Gasteiger partial charge on any atom is 0.323 e. The van der Waals surface area contributed by atoms with Crippen molar-refractivity contribution in [1.29, 1.82) is 0 Å². The second kappa shape index (κ2) is 5.39. The number of phenols is 1. The Kier molecular flexibility index (Phi) is 3.66. The fourth-order valence-electron chi connectivity index (χ4n) is 1.70. The Morgan fingerprint density at radius 3 is 2.63 bits per heavy atom. The lowest BCUT2D eigenvalue weighted by atomic mass is 10.2. The summed E-state index contributed by atoms with van der Waals surface area (Å²) in [4.78, 5) is 15.9. The molecule has 0 saturated carbocycles. The lowest BCUT2D eigenvalue weighted by Crippen LogP contribution is -2.20. The number of anilines is 2. The first-order valence-electron chi connectivity index (χ1n) is 5.85. The standard InChI is InChI=1S/C14H15N3O2/c1-9-7-12(18)3-4-13(9)17-14(19)16-11-5-6-15-10(2)8-11/h3-8,18H,1-2H3,(H2,15,16,17,19). The van der Waals surface area contributed by atoms with Gasteiger partial charge in [-0.25, -0.2) is 4.79 Å². The molecule has 0 spiro atoms. The van der Waals surface area contributed by atoms with Crippen molar-refractivity contribution in [2.24, 2.45) is 0 Å². The molecule has 0 aliphatic heterocycles. The Labute approximate surface area is 111 Å². The van der Waals surface area contributed by atoms with Gasteiger partial charge in [0.05, 0.1) is 0 Å². The highest BCUT2D eigenvalue weighted by atomic mass is 16.3. The van der Waals surface area contributed by atoms with Gasteiger partial charge in [-0.3, -0.25) is 4.98 Å². The van der Waals surface area contributed by atoms with Gasteiger partial charge >= 0.3 is 6.03 Å². The van der Waals surface area contributed by atoms with Crippen molar-refractivity contribution in [3.05, 3.63) is 47.8 Å². The fraction of sp³-hybridized carbons (Fsp3) is 0.143. The highest BCUT2D eigenvalue weighted by Crippen LogP contribution is 2.20. The number of hydrogen-bond donors (Lipinski definition) is 3. The molecule has 0 aliphatic rings. The van der Waals surface area contributed by atoms with E-state index in [1.165, 1.54) is 6.07 Å². The largest absolute Gasteiger partial charge is 0.508 e. The van der Waals surface area contributed by atoms with Gasteiger partial charge in [0, 0.05) is 23.3 Å². The first-order chi connectivity index (χ1) is 9.04. The monoisotopic (exact) mass is 257 g/mol. The molecule has 0 atom stereocenters. The molecule has 5 nitrogen and oxygen atoms in total. The molecule has 2 rings (SSSR count). The summed E-state index contributed by atoms with van der Waals surface area (Å²) in [7, 11) is 0. The zero-order chi connectivity index (χ0) is 13.8. The van der Waals surface area contributed by atoms with Gasteiger partial charge in [0.25, 0.3) is 0 Å². The van der Waals surface area contributed by atoms with Crippen LogP contribution in [-0.4, -0.2) is 16.1 Å². The van der Waals surface area contributed by atoms with E-state index in [2.05, 4.69) is 15.6 Å². The van der Waals surface area contributed by atoms with Gasteiger partial charge in [0.15, 0.2) is 0 Å². The molecule has 0 aliphatic carbocycles. The average molecular weight is 257 g/mol. The van der Waals surface area contributed by atoms with Gasteiger partial charge < -0.3 is 15.7 Å². The maximum absolute atomic E-state index is 11.8. The van der Waals surface area contributed by atoms with E-state index in [-0.39, 0.29) is 11.8 Å². The van der Waals surface area contributed by atoms with E-state index in [0.29, 0.717) is 11.4 Å². The summed E-state index contributed by atoms with van der Waals surface area (Å²) in [5.41, 5.74) is 2.96. The van der Waals surface area contributed by atoms with Crippen molar-refractivity contribution in [1.82, 2.24) is 4.98 Å². The number of phenolic OH excluding ortho intramolecular Hbond substituents is 1. The number of urea groups is 1. The number of aromatic nitrogens is 1. The normalized spacial score (nSPS) is 10.0. The number of amides is 2. The first kappa shape index (κ1) is 12.9. The molecular formula is C14H15N3O2. The molecular weight excluding hydrogens is 242 g/mol. The fourth-order valence-corrected chi connectivity index (χ4v) is 1.70. The molecule has 19 heavy (non-hydrogen) atoms. The van der Waals surface area contributed by atoms with Crippen molar-refractivity contribution in [2.75, 3.05) is 10.6 Å². The minimum Gasteiger partial charge on any atom is -0.508 e. The summed E-state index contributed by atoms with van der Waals surface area (Å²) in [5.74, 6) is 0.174. The van der Waals surface area contributed by atoms with E-state index < -0.39 is 0 Å². The molecule has 0 unspecified atom stereocenters. The van der Waals surface area contributed by atoms with Gasteiger partial charge in [-0.1, -0.05) is 0 Å². The predicted molar refractivity (Wildman–Crippen MR) is 74.5 cm³/mol. The molecule has 1 heterocycles. The number of nitrogens with one attached hydrogen (secondary N) is 2. The number of hydrogen-bond acceptors (Lipinski definition) is 3. The van der Waals surface area contributed by atoms with Crippen LogP contribution in [0.2, 0.25) is 0 Å². The van der Waals surface area contributed by atoms with Crippen molar-refractivity contribution < 1.29 is 9.90 Å². The van der Waals surface area contributed by atoms with E-state index in [4.69, 9.17) is 0 Å². The number of carbonyl (C=O) groups is 1. The van der Waals surface area contributed by atoms with Crippen LogP contribution in [0.1, 0.15) is 11.3 Å².